The van der Waals surface area contributed by atoms with Gasteiger partial charge in [0.25, 0.3) is 5.56 Å². The van der Waals surface area contributed by atoms with Gasteiger partial charge in [-0.1, -0.05) is 30.0 Å². The van der Waals surface area contributed by atoms with Gasteiger partial charge in [0.2, 0.25) is 0 Å². The standard InChI is InChI=1S/C19H23N5O6S/c1-10-13(17(29)24(23(10)2)11-6-4-3-5-7-11)22-19(21-9-20)31-18-16(28)15(27)14(26)12(8-25)30-18/h3-7,12,14-16,18,25-28H,8H2,1-2H3,(H,21,22)/t12-,14+,15+,16-,18+/m1/s1. The van der Waals surface area contributed by atoms with Gasteiger partial charge in [-0.15, -0.1) is 0 Å². The molecule has 3 rings (SSSR count). The molecule has 31 heavy (non-hydrogen) atoms. The summed E-state index contributed by atoms with van der Waals surface area (Å²) >= 11 is 0.751. The zero-order valence-corrected chi connectivity index (χ0v) is 17.6. The highest BCUT2D eigenvalue weighted by Gasteiger charge is 2.44. The van der Waals surface area contributed by atoms with Crippen LogP contribution >= 0.6 is 11.8 Å². The molecule has 0 unspecified atom stereocenters. The summed E-state index contributed by atoms with van der Waals surface area (Å²) in [5.74, 6) is 0. The van der Waals surface area contributed by atoms with Gasteiger partial charge in [0.05, 0.1) is 18.0 Å². The molecule has 0 amide bonds. The third-order valence-corrected chi connectivity index (χ3v) is 6.02. The Labute approximate surface area is 181 Å². The Morgan fingerprint density at radius 2 is 1.94 bits per heavy atom. The SMILES string of the molecule is Cc1c(N=C(NC#N)S[C@@H]2O[C@H](CO)[C@H](O)[C@H](O)[C@H]2O)c(=O)n(-c2ccccc2)n1C. The van der Waals surface area contributed by atoms with Crippen molar-refractivity contribution >= 4 is 22.6 Å². The number of benzene rings is 1. The second-order valence-electron chi connectivity index (χ2n) is 6.88. The average molecular weight is 449 g/mol. The van der Waals surface area contributed by atoms with E-state index in [4.69, 9.17) is 10.00 Å². The van der Waals surface area contributed by atoms with Gasteiger partial charge in [-0.2, -0.15) is 5.26 Å². The molecule has 0 aliphatic carbocycles. The van der Waals surface area contributed by atoms with Crippen LogP contribution in [0, 0.1) is 18.4 Å². The van der Waals surface area contributed by atoms with Gasteiger partial charge in [0.15, 0.2) is 17.0 Å². The van der Waals surface area contributed by atoms with Gasteiger partial charge < -0.3 is 25.2 Å². The lowest BCUT2D eigenvalue weighted by molar-refractivity contribution is -0.205. The Balaban J connectivity index is 1.97. The third-order valence-electron chi connectivity index (χ3n) is 4.98. The van der Waals surface area contributed by atoms with Crippen LogP contribution in [0.25, 0.3) is 5.69 Å². The van der Waals surface area contributed by atoms with E-state index in [1.807, 2.05) is 6.07 Å². The number of ether oxygens (including phenoxy) is 1. The zero-order chi connectivity index (χ0) is 22.7. The van der Waals surface area contributed by atoms with Crippen molar-refractivity contribution in [2.24, 2.45) is 12.0 Å². The van der Waals surface area contributed by atoms with E-state index >= 15 is 0 Å². The molecule has 0 radical (unpaired) electrons. The number of amidine groups is 1. The topological polar surface area (TPSA) is 165 Å². The Morgan fingerprint density at radius 1 is 1.26 bits per heavy atom. The summed E-state index contributed by atoms with van der Waals surface area (Å²) in [6.07, 6.45) is -3.98. The summed E-state index contributed by atoms with van der Waals surface area (Å²) in [4.78, 5) is 17.3. The van der Waals surface area contributed by atoms with Crippen LogP contribution in [0.1, 0.15) is 5.69 Å². The molecule has 0 saturated carbocycles. The molecule has 2 heterocycles. The highest BCUT2D eigenvalue weighted by atomic mass is 32.2. The molecule has 1 aliphatic rings. The molecular weight excluding hydrogens is 426 g/mol. The molecule has 1 aromatic heterocycles. The van der Waals surface area contributed by atoms with Crippen molar-refractivity contribution in [1.82, 2.24) is 14.7 Å². The average Bonchev–Trinajstić information content (AvgIpc) is 2.97. The number of aliphatic hydroxyl groups is 4. The van der Waals surface area contributed by atoms with E-state index in [1.165, 1.54) is 4.68 Å². The second kappa shape index (κ2) is 9.65. The van der Waals surface area contributed by atoms with Crippen molar-refractivity contribution in [2.45, 2.75) is 36.8 Å². The summed E-state index contributed by atoms with van der Waals surface area (Å²) in [6.45, 7) is 1.11. The lowest BCUT2D eigenvalue weighted by Crippen LogP contribution is -2.57. The second-order valence-corrected chi connectivity index (χ2v) is 7.97. The number of aliphatic imine (C=N–C) groups is 1. The maximum absolute atomic E-state index is 13.0. The molecule has 5 N–H and O–H groups in total. The minimum Gasteiger partial charge on any atom is -0.394 e. The van der Waals surface area contributed by atoms with E-state index in [0.717, 1.165) is 11.8 Å². The van der Waals surface area contributed by atoms with Crippen LogP contribution in [0.4, 0.5) is 5.69 Å². The highest BCUT2D eigenvalue weighted by Crippen LogP contribution is 2.30. The van der Waals surface area contributed by atoms with Crippen molar-refractivity contribution in [3.8, 4) is 11.9 Å². The number of hydrogen-bond acceptors (Lipinski definition) is 9. The summed E-state index contributed by atoms with van der Waals surface area (Å²) < 4.78 is 8.49. The fourth-order valence-corrected chi connectivity index (χ4v) is 4.16. The van der Waals surface area contributed by atoms with Gasteiger partial charge in [-0.25, -0.2) is 9.67 Å². The lowest BCUT2D eigenvalue weighted by Gasteiger charge is -2.39. The predicted molar refractivity (Wildman–Crippen MR) is 113 cm³/mol. The van der Waals surface area contributed by atoms with Crippen LogP contribution in [0.3, 0.4) is 0 Å². The molecule has 12 heteroatoms. The van der Waals surface area contributed by atoms with Gasteiger partial charge in [0.1, 0.15) is 29.9 Å². The van der Waals surface area contributed by atoms with E-state index in [2.05, 4.69) is 10.3 Å². The van der Waals surface area contributed by atoms with E-state index in [9.17, 15) is 25.2 Å². The van der Waals surface area contributed by atoms with Crippen molar-refractivity contribution in [3.63, 3.8) is 0 Å². The van der Waals surface area contributed by atoms with Crippen LogP contribution in [0.5, 0.6) is 0 Å². The molecule has 2 aromatic rings. The van der Waals surface area contributed by atoms with E-state index in [-0.39, 0.29) is 10.9 Å². The summed E-state index contributed by atoms with van der Waals surface area (Å²) in [5, 5.41) is 50.8. The molecule has 166 valence electrons. The first-order valence-electron chi connectivity index (χ1n) is 9.35. The molecular formula is C19H23N5O6S. The van der Waals surface area contributed by atoms with Gasteiger partial charge in [-0.05, 0) is 19.1 Å². The summed E-state index contributed by atoms with van der Waals surface area (Å²) in [6, 6.07) is 8.96. The maximum Gasteiger partial charge on any atom is 0.297 e. The predicted octanol–water partition coefficient (Wildman–Crippen LogP) is -0.924. The third kappa shape index (κ3) is 4.52. The first-order chi connectivity index (χ1) is 14.8. The molecule has 1 aromatic carbocycles. The van der Waals surface area contributed by atoms with E-state index in [0.29, 0.717) is 11.4 Å². The van der Waals surface area contributed by atoms with Crippen LogP contribution in [0.15, 0.2) is 40.1 Å². The molecule has 0 bridgehead atoms. The molecule has 1 saturated heterocycles. The normalized spacial score (nSPS) is 26.5. The molecule has 0 spiro atoms. The van der Waals surface area contributed by atoms with Gasteiger partial charge in [0, 0.05) is 7.05 Å². The molecule has 1 aliphatic heterocycles. The Morgan fingerprint density at radius 3 is 2.55 bits per heavy atom. The largest absolute Gasteiger partial charge is 0.394 e. The minimum absolute atomic E-state index is 0.0576. The Kier molecular flexibility index (Phi) is 7.16. The molecule has 1 fully saturated rings. The van der Waals surface area contributed by atoms with E-state index in [1.54, 1.807) is 49.1 Å². The number of rotatable bonds is 4. The van der Waals surface area contributed by atoms with Crippen molar-refractivity contribution < 1.29 is 25.2 Å². The Hall–Kier alpha value is -2.66. The maximum atomic E-state index is 13.0. The number of aromatic nitrogens is 2. The number of para-hydroxylation sites is 1. The van der Waals surface area contributed by atoms with Crippen LogP contribution in [-0.2, 0) is 11.8 Å². The smallest absolute Gasteiger partial charge is 0.297 e. The van der Waals surface area contributed by atoms with Crippen LogP contribution in [0.2, 0.25) is 0 Å². The number of thioether (sulfide) groups is 1. The van der Waals surface area contributed by atoms with Crippen molar-refractivity contribution in [3.05, 3.63) is 46.4 Å². The summed E-state index contributed by atoms with van der Waals surface area (Å²) in [7, 11) is 1.70. The Bertz CT molecular complexity index is 1040. The minimum atomic E-state index is -1.57. The molecule has 11 nitrogen and oxygen atoms in total. The lowest BCUT2D eigenvalue weighted by atomic mass is 10.0. The van der Waals surface area contributed by atoms with Crippen LogP contribution in [-0.4, -0.2) is 71.4 Å². The van der Waals surface area contributed by atoms with E-state index < -0.39 is 42.0 Å². The first-order valence-corrected chi connectivity index (χ1v) is 10.2. The van der Waals surface area contributed by atoms with Crippen molar-refractivity contribution in [1.29, 1.82) is 5.26 Å². The quantitative estimate of drug-likeness (QED) is 0.172. The zero-order valence-electron chi connectivity index (χ0n) is 16.8. The fourth-order valence-electron chi connectivity index (χ4n) is 3.19. The highest BCUT2D eigenvalue weighted by molar-refractivity contribution is 8.14. The number of nitriles is 1. The van der Waals surface area contributed by atoms with Gasteiger partial charge in [-0.3, -0.25) is 14.8 Å². The molecule has 5 atom stereocenters. The monoisotopic (exact) mass is 449 g/mol. The first kappa shape index (κ1) is 23.0. The van der Waals surface area contributed by atoms with Crippen molar-refractivity contribution in [2.75, 3.05) is 6.61 Å². The number of aliphatic hydroxyl groups excluding tert-OH is 4. The summed E-state index contributed by atoms with van der Waals surface area (Å²) in [5.41, 5.74) is -0.342. The fraction of sp³-hybridized carbons (Fsp3) is 0.421. The van der Waals surface area contributed by atoms with Crippen LogP contribution < -0.4 is 10.9 Å². The number of hydrogen-bond donors (Lipinski definition) is 5. The van der Waals surface area contributed by atoms with Gasteiger partial charge >= 0.3 is 0 Å². The number of nitrogens with one attached hydrogen (secondary N) is 1. The number of nitrogens with zero attached hydrogens (tertiary/aromatic N) is 4.